The first-order valence-electron chi connectivity index (χ1n) is 8.18. The average molecular weight is 337 g/mol. The summed E-state index contributed by atoms with van der Waals surface area (Å²) in [6.07, 6.45) is 0.891. The van der Waals surface area contributed by atoms with Crippen molar-refractivity contribution < 1.29 is 9.47 Å². The predicted octanol–water partition coefficient (Wildman–Crippen LogP) is 1.97. The number of guanidine groups is 1. The summed E-state index contributed by atoms with van der Waals surface area (Å²) in [6, 6.07) is 10.2. The molecule has 5 nitrogen and oxygen atoms in total. The van der Waals surface area contributed by atoms with E-state index in [1.165, 1.54) is 5.56 Å². The van der Waals surface area contributed by atoms with Gasteiger partial charge in [-0.2, -0.15) is 11.8 Å². The maximum atomic E-state index is 5.99. The smallest absolute Gasteiger partial charge is 0.191 e. The van der Waals surface area contributed by atoms with E-state index in [0.717, 1.165) is 37.6 Å². The van der Waals surface area contributed by atoms with Crippen molar-refractivity contribution in [2.45, 2.75) is 13.0 Å². The van der Waals surface area contributed by atoms with Crippen molar-refractivity contribution in [1.29, 1.82) is 0 Å². The second kappa shape index (κ2) is 11.3. The molecule has 0 atom stereocenters. The van der Waals surface area contributed by atoms with Gasteiger partial charge in [0.2, 0.25) is 0 Å². The van der Waals surface area contributed by atoms with Crippen LogP contribution in [0.25, 0.3) is 0 Å². The monoisotopic (exact) mass is 337 g/mol. The van der Waals surface area contributed by atoms with E-state index in [4.69, 9.17) is 15.2 Å². The molecule has 0 bridgehead atoms. The number of thioether (sulfide) groups is 1. The molecule has 0 spiro atoms. The molecule has 1 aromatic rings. The first kappa shape index (κ1) is 18.1. The van der Waals surface area contributed by atoms with Crippen LogP contribution in [0, 0.1) is 0 Å². The first-order chi connectivity index (χ1) is 11.4. The van der Waals surface area contributed by atoms with Crippen LogP contribution in [0.5, 0.6) is 0 Å². The van der Waals surface area contributed by atoms with Crippen molar-refractivity contribution >= 4 is 17.7 Å². The van der Waals surface area contributed by atoms with Crippen LogP contribution >= 0.6 is 11.8 Å². The summed E-state index contributed by atoms with van der Waals surface area (Å²) < 4.78 is 11.1. The number of benzene rings is 1. The Labute approximate surface area is 143 Å². The van der Waals surface area contributed by atoms with Gasteiger partial charge < -0.3 is 20.1 Å². The van der Waals surface area contributed by atoms with Gasteiger partial charge in [-0.1, -0.05) is 30.3 Å². The Kier molecular flexibility index (Phi) is 8.91. The summed E-state index contributed by atoms with van der Waals surface area (Å²) >= 11 is 1.97. The Balaban J connectivity index is 1.43. The fraction of sp³-hybridized carbons (Fsp3) is 0.588. The molecule has 0 amide bonds. The van der Waals surface area contributed by atoms with Gasteiger partial charge >= 0.3 is 0 Å². The maximum absolute atomic E-state index is 5.99. The van der Waals surface area contributed by atoms with E-state index in [9.17, 15) is 0 Å². The van der Waals surface area contributed by atoms with Gasteiger partial charge in [-0.3, -0.25) is 4.99 Å². The minimum absolute atomic E-state index is 0.617. The third-order valence-electron chi connectivity index (χ3n) is 3.54. The number of rotatable bonds is 9. The lowest BCUT2D eigenvalue weighted by Gasteiger charge is -2.27. The second-order valence-electron chi connectivity index (χ2n) is 5.34. The fourth-order valence-corrected chi connectivity index (χ4v) is 3.14. The molecule has 1 aliphatic rings. The number of nitrogens with two attached hydrogens (primary N) is 1. The van der Waals surface area contributed by atoms with Crippen LogP contribution in [-0.2, 0) is 16.1 Å². The zero-order valence-electron chi connectivity index (χ0n) is 13.7. The normalized spacial score (nSPS) is 15.8. The molecule has 6 heteroatoms. The van der Waals surface area contributed by atoms with Gasteiger partial charge in [0.1, 0.15) is 0 Å². The van der Waals surface area contributed by atoms with Crippen LogP contribution < -0.4 is 5.73 Å². The molecule has 128 valence electrons. The van der Waals surface area contributed by atoms with E-state index in [1.807, 2.05) is 30.0 Å². The van der Waals surface area contributed by atoms with Crippen LogP contribution in [0.1, 0.15) is 12.0 Å². The highest BCUT2D eigenvalue weighted by Crippen LogP contribution is 2.08. The Morgan fingerprint density at radius 2 is 1.83 bits per heavy atom. The standard InChI is InChI=1S/C17H27N3O2S/c18-17(20-8-13-23-14-9-20)19-7-4-10-21-11-12-22-15-16-5-2-1-3-6-16/h1-3,5-6H,4,7-15H2,(H2,18,19). The second-order valence-corrected chi connectivity index (χ2v) is 6.57. The van der Waals surface area contributed by atoms with Crippen molar-refractivity contribution in [2.75, 3.05) is 51.0 Å². The number of nitrogens with zero attached hydrogens (tertiary/aromatic N) is 2. The molecule has 2 rings (SSSR count). The van der Waals surface area contributed by atoms with E-state index in [2.05, 4.69) is 22.0 Å². The fourth-order valence-electron chi connectivity index (χ4n) is 2.24. The highest BCUT2D eigenvalue weighted by atomic mass is 32.2. The summed E-state index contributed by atoms with van der Waals surface area (Å²) in [5.74, 6) is 2.96. The van der Waals surface area contributed by atoms with Gasteiger partial charge in [0.15, 0.2) is 5.96 Å². The van der Waals surface area contributed by atoms with Crippen LogP contribution in [0.4, 0.5) is 0 Å². The third kappa shape index (κ3) is 7.72. The number of hydrogen-bond acceptors (Lipinski definition) is 4. The topological polar surface area (TPSA) is 60.1 Å². The Bertz CT molecular complexity index is 450. The molecule has 0 saturated carbocycles. The molecule has 0 unspecified atom stereocenters. The lowest BCUT2D eigenvalue weighted by Crippen LogP contribution is -2.42. The SMILES string of the molecule is NC(=NCCCOCCOCc1ccccc1)N1CCSCC1. The lowest BCUT2D eigenvalue weighted by atomic mass is 10.2. The van der Waals surface area contributed by atoms with Gasteiger partial charge in [0.05, 0.1) is 19.8 Å². The molecule has 1 aromatic carbocycles. The van der Waals surface area contributed by atoms with Gasteiger partial charge in [0.25, 0.3) is 0 Å². The quantitative estimate of drug-likeness (QED) is 0.424. The highest BCUT2D eigenvalue weighted by molar-refractivity contribution is 7.99. The van der Waals surface area contributed by atoms with E-state index < -0.39 is 0 Å². The average Bonchev–Trinajstić information content (AvgIpc) is 2.61. The van der Waals surface area contributed by atoms with E-state index in [1.54, 1.807) is 0 Å². The number of aliphatic imine (C=N–C) groups is 1. The summed E-state index contributed by atoms with van der Waals surface area (Å²) in [5, 5.41) is 0. The van der Waals surface area contributed by atoms with Crippen molar-refractivity contribution in [3.05, 3.63) is 35.9 Å². The summed E-state index contributed by atoms with van der Waals surface area (Å²) in [7, 11) is 0. The van der Waals surface area contributed by atoms with Crippen LogP contribution in [0.15, 0.2) is 35.3 Å². The number of hydrogen-bond donors (Lipinski definition) is 1. The van der Waals surface area contributed by atoms with Crippen LogP contribution in [0.3, 0.4) is 0 Å². The minimum Gasteiger partial charge on any atom is -0.379 e. The largest absolute Gasteiger partial charge is 0.379 e. The summed E-state index contributed by atoms with van der Waals surface area (Å²) in [5.41, 5.74) is 7.18. The molecular formula is C17H27N3O2S. The zero-order chi connectivity index (χ0) is 16.2. The minimum atomic E-state index is 0.617. The van der Waals surface area contributed by atoms with Gasteiger partial charge in [0, 0.05) is 37.7 Å². The maximum Gasteiger partial charge on any atom is 0.191 e. The molecule has 0 aliphatic carbocycles. The van der Waals surface area contributed by atoms with E-state index in [0.29, 0.717) is 32.4 Å². The molecule has 2 N–H and O–H groups in total. The molecular weight excluding hydrogens is 310 g/mol. The molecule has 1 heterocycles. The van der Waals surface area contributed by atoms with Gasteiger partial charge in [-0.25, -0.2) is 0 Å². The Hall–Kier alpha value is -1.24. The molecule has 1 saturated heterocycles. The van der Waals surface area contributed by atoms with Crippen molar-refractivity contribution in [3.63, 3.8) is 0 Å². The van der Waals surface area contributed by atoms with E-state index >= 15 is 0 Å². The first-order valence-corrected chi connectivity index (χ1v) is 9.34. The van der Waals surface area contributed by atoms with Gasteiger partial charge in [-0.15, -0.1) is 0 Å². The van der Waals surface area contributed by atoms with Crippen LogP contribution in [0.2, 0.25) is 0 Å². The molecule has 1 fully saturated rings. The Morgan fingerprint density at radius 1 is 1.09 bits per heavy atom. The third-order valence-corrected chi connectivity index (χ3v) is 4.48. The van der Waals surface area contributed by atoms with Crippen molar-refractivity contribution in [2.24, 2.45) is 10.7 Å². The highest BCUT2D eigenvalue weighted by Gasteiger charge is 2.11. The zero-order valence-corrected chi connectivity index (χ0v) is 14.5. The predicted molar refractivity (Wildman–Crippen MR) is 96.9 cm³/mol. The van der Waals surface area contributed by atoms with E-state index in [-0.39, 0.29) is 0 Å². The Morgan fingerprint density at radius 3 is 2.61 bits per heavy atom. The van der Waals surface area contributed by atoms with Crippen LogP contribution in [-0.4, -0.2) is 61.8 Å². The molecule has 1 aliphatic heterocycles. The summed E-state index contributed by atoms with van der Waals surface area (Å²) in [4.78, 5) is 6.58. The van der Waals surface area contributed by atoms with Crippen molar-refractivity contribution in [3.8, 4) is 0 Å². The van der Waals surface area contributed by atoms with Crippen molar-refractivity contribution in [1.82, 2.24) is 4.90 Å². The lowest BCUT2D eigenvalue weighted by molar-refractivity contribution is 0.0403. The summed E-state index contributed by atoms with van der Waals surface area (Å²) in [6.45, 7) is 5.31. The molecule has 0 radical (unpaired) electrons. The number of ether oxygens (including phenoxy) is 2. The van der Waals surface area contributed by atoms with Gasteiger partial charge in [-0.05, 0) is 12.0 Å². The molecule has 0 aromatic heterocycles. The molecule has 23 heavy (non-hydrogen) atoms.